The highest BCUT2D eigenvalue weighted by atomic mass is 19.1. The Morgan fingerprint density at radius 2 is 2.08 bits per heavy atom. The van der Waals surface area contributed by atoms with Crippen LogP contribution in [0.1, 0.15) is 43.2 Å². The molecular formula is C20H27FN2O2. The second kappa shape index (κ2) is 7.98. The summed E-state index contributed by atoms with van der Waals surface area (Å²) in [7, 11) is 0. The summed E-state index contributed by atoms with van der Waals surface area (Å²) in [5.41, 5.74) is 1.65. The molecule has 2 saturated heterocycles. The van der Waals surface area contributed by atoms with Gasteiger partial charge in [-0.05, 0) is 55.7 Å². The van der Waals surface area contributed by atoms with Crippen LogP contribution in [-0.4, -0.2) is 47.8 Å². The van der Waals surface area contributed by atoms with Crippen LogP contribution in [0.5, 0.6) is 0 Å². The second-order valence-corrected chi connectivity index (χ2v) is 7.41. The van der Waals surface area contributed by atoms with Crippen molar-refractivity contribution in [2.45, 2.75) is 45.4 Å². The summed E-state index contributed by atoms with van der Waals surface area (Å²) < 4.78 is 13.7. The van der Waals surface area contributed by atoms with Gasteiger partial charge in [-0.1, -0.05) is 18.6 Å². The molecule has 0 saturated carbocycles. The van der Waals surface area contributed by atoms with Crippen molar-refractivity contribution in [2.24, 2.45) is 5.92 Å². The molecule has 1 aromatic carbocycles. The van der Waals surface area contributed by atoms with Gasteiger partial charge in [0, 0.05) is 26.1 Å². The molecule has 2 aliphatic rings. The number of hydrogen-bond acceptors (Lipinski definition) is 2. The van der Waals surface area contributed by atoms with Crippen LogP contribution in [0.3, 0.4) is 0 Å². The van der Waals surface area contributed by atoms with E-state index < -0.39 is 0 Å². The zero-order valence-electron chi connectivity index (χ0n) is 15.0. The van der Waals surface area contributed by atoms with E-state index in [0.29, 0.717) is 31.0 Å². The van der Waals surface area contributed by atoms with Crippen molar-refractivity contribution >= 4 is 11.8 Å². The van der Waals surface area contributed by atoms with Crippen molar-refractivity contribution in [1.29, 1.82) is 0 Å². The van der Waals surface area contributed by atoms with Crippen molar-refractivity contribution in [3.8, 4) is 0 Å². The monoisotopic (exact) mass is 346 g/mol. The molecule has 136 valence electrons. The highest BCUT2D eigenvalue weighted by Crippen LogP contribution is 2.22. The number of hydrogen-bond donors (Lipinski definition) is 0. The Morgan fingerprint density at radius 3 is 2.88 bits per heavy atom. The average molecular weight is 346 g/mol. The zero-order valence-corrected chi connectivity index (χ0v) is 15.0. The van der Waals surface area contributed by atoms with Gasteiger partial charge < -0.3 is 9.80 Å². The second-order valence-electron chi connectivity index (χ2n) is 7.41. The first kappa shape index (κ1) is 17.9. The topological polar surface area (TPSA) is 40.6 Å². The maximum absolute atomic E-state index is 13.7. The maximum atomic E-state index is 13.7. The Morgan fingerprint density at radius 1 is 1.24 bits per heavy atom. The van der Waals surface area contributed by atoms with E-state index in [1.165, 1.54) is 0 Å². The van der Waals surface area contributed by atoms with Crippen molar-refractivity contribution in [1.82, 2.24) is 9.80 Å². The lowest BCUT2D eigenvalue weighted by atomic mass is 9.98. The molecule has 1 atom stereocenters. The largest absolute Gasteiger partial charge is 0.341 e. The zero-order chi connectivity index (χ0) is 17.8. The molecule has 2 aliphatic heterocycles. The van der Waals surface area contributed by atoms with Crippen LogP contribution < -0.4 is 0 Å². The number of aryl methyl sites for hydroxylation is 1. The minimum atomic E-state index is -0.164. The summed E-state index contributed by atoms with van der Waals surface area (Å²) in [6.07, 6.45) is 5.28. The van der Waals surface area contributed by atoms with Crippen LogP contribution in [0.4, 0.5) is 4.39 Å². The molecule has 0 aliphatic carbocycles. The summed E-state index contributed by atoms with van der Waals surface area (Å²) in [6.45, 7) is 4.12. The van der Waals surface area contributed by atoms with Crippen molar-refractivity contribution in [3.05, 3.63) is 35.1 Å². The molecule has 0 aromatic heterocycles. The third kappa shape index (κ3) is 4.59. The molecule has 0 radical (unpaired) electrons. The van der Waals surface area contributed by atoms with E-state index in [2.05, 4.69) is 0 Å². The lowest BCUT2D eigenvalue weighted by Crippen LogP contribution is -2.42. The van der Waals surface area contributed by atoms with Gasteiger partial charge in [-0.25, -0.2) is 4.39 Å². The Kier molecular flexibility index (Phi) is 5.71. The molecule has 1 aromatic rings. The average Bonchev–Trinajstić information content (AvgIpc) is 2.96. The number of carbonyl (C=O) groups is 2. The van der Waals surface area contributed by atoms with Crippen LogP contribution in [0.15, 0.2) is 18.2 Å². The third-order valence-corrected chi connectivity index (χ3v) is 5.40. The number of rotatable bonds is 4. The molecular weight excluding hydrogens is 319 g/mol. The summed E-state index contributed by atoms with van der Waals surface area (Å²) in [4.78, 5) is 28.2. The first-order chi connectivity index (χ1) is 12.0. The quantitative estimate of drug-likeness (QED) is 0.841. The molecule has 2 fully saturated rings. The number of likely N-dealkylation sites (tertiary alicyclic amines) is 2. The SMILES string of the molecule is Cc1ccc(CC2CCN(C(=O)CN3CCCCCC3=O)C2)cc1F. The van der Waals surface area contributed by atoms with E-state index in [4.69, 9.17) is 0 Å². The predicted octanol–water partition coefficient (Wildman–Crippen LogP) is 2.93. The molecule has 3 rings (SSSR count). The van der Waals surface area contributed by atoms with Gasteiger partial charge in [-0.15, -0.1) is 0 Å². The van der Waals surface area contributed by atoms with Gasteiger partial charge in [0.15, 0.2) is 0 Å². The molecule has 2 amide bonds. The first-order valence-corrected chi connectivity index (χ1v) is 9.33. The summed E-state index contributed by atoms with van der Waals surface area (Å²) in [6, 6.07) is 5.39. The summed E-state index contributed by atoms with van der Waals surface area (Å²) >= 11 is 0. The Bertz CT molecular complexity index is 647. The smallest absolute Gasteiger partial charge is 0.242 e. The Hall–Kier alpha value is -1.91. The molecule has 5 heteroatoms. The first-order valence-electron chi connectivity index (χ1n) is 9.33. The predicted molar refractivity (Wildman–Crippen MR) is 94.6 cm³/mol. The number of benzene rings is 1. The van der Waals surface area contributed by atoms with E-state index in [9.17, 15) is 14.0 Å². The summed E-state index contributed by atoms with van der Waals surface area (Å²) in [5, 5.41) is 0. The molecule has 0 N–H and O–H groups in total. The van der Waals surface area contributed by atoms with Gasteiger partial charge in [0.2, 0.25) is 11.8 Å². The van der Waals surface area contributed by atoms with E-state index >= 15 is 0 Å². The van der Waals surface area contributed by atoms with E-state index in [1.807, 2.05) is 17.0 Å². The van der Waals surface area contributed by atoms with E-state index in [1.54, 1.807) is 17.9 Å². The van der Waals surface area contributed by atoms with Crippen LogP contribution in [0.25, 0.3) is 0 Å². The van der Waals surface area contributed by atoms with Crippen LogP contribution >= 0.6 is 0 Å². The molecule has 2 heterocycles. The van der Waals surface area contributed by atoms with E-state index in [0.717, 1.165) is 44.2 Å². The molecule has 1 unspecified atom stereocenters. The highest BCUT2D eigenvalue weighted by molar-refractivity contribution is 5.85. The minimum absolute atomic E-state index is 0.0489. The van der Waals surface area contributed by atoms with E-state index in [-0.39, 0.29) is 24.2 Å². The van der Waals surface area contributed by atoms with Gasteiger partial charge in [0.1, 0.15) is 5.82 Å². The van der Waals surface area contributed by atoms with Crippen LogP contribution in [-0.2, 0) is 16.0 Å². The fourth-order valence-corrected chi connectivity index (χ4v) is 3.79. The normalized spacial score (nSPS) is 21.5. The molecule has 0 spiro atoms. The lowest BCUT2D eigenvalue weighted by Gasteiger charge is -2.24. The fourth-order valence-electron chi connectivity index (χ4n) is 3.79. The van der Waals surface area contributed by atoms with Gasteiger partial charge in [0.25, 0.3) is 0 Å². The van der Waals surface area contributed by atoms with Gasteiger partial charge in [0.05, 0.1) is 6.54 Å². The van der Waals surface area contributed by atoms with Gasteiger partial charge in [-0.2, -0.15) is 0 Å². The fraction of sp³-hybridized carbons (Fsp3) is 0.600. The number of amides is 2. The number of nitrogens with zero attached hydrogens (tertiary/aromatic N) is 2. The van der Waals surface area contributed by atoms with Crippen LogP contribution in [0, 0.1) is 18.7 Å². The van der Waals surface area contributed by atoms with Gasteiger partial charge >= 0.3 is 0 Å². The van der Waals surface area contributed by atoms with Gasteiger partial charge in [-0.3, -0.25) is 9.59 Å². The number of carbonyl (C=O) groups excluding carboxylic acids is 2. The Balaban J connectivity index is 1.52. The third-order valence-electron chi connectivity index (χ3n) is 5.40. The maximum Gasteiger partial charge on any atom is 0.242 e. The molecule has 25 heavy (non-hydrogen) atoms. The van der Waals surface area contributed by atoms with Crippen LogP contribution in [0.2, 0.25) is 0 Å². The van der Waals surface area contributed by atoms with Crippen molar-refractivity contribution < 1.29 is 14.0 Å². The molecule has 0 bridgehead atoms. The van der Waals surface area contributed by atoms with Crippen molar-refractivity contribution in [2.75, 3.05) is 26.2 Å². The Labute approximate surface area is 149 Å². The summed E-state index contributed by atoms with van der Waals surface area (Å²) in [5.74, 6) is 0.360. The minimum Gasteiger partial charge on any atom is -0.341 e. The number of halogens is 1. The standard InChI is InChI=1S/C20H27FN2O2/c1-15-6-7-16(12-18(15)21)11-17-8-10-23(13-17)20(25)14-22-9-4-2-3-5-19(22)24/h6-7,12,17H,2-5,8-11,13-14H2,1H3. The van der Waals surface area contributed by atoms with Crippen molar-refractivity contribution in [3.63, 3.8) is 0 Å². The molecule has 4 nitrogen and oxygen atoms in total. The highest BCUT2D eigenvalue weighted by Gasteiger charge is 2.28. The lowest BCUT2D eigenvalue weighted by molar-refractivity contribution is -0.139.